The van der Waals surface area contributed by atoms with Crippen LogP contribution in [0.5, 0.6) is 0 Å². The zero-order valence-corrected chi connectivity index (χ0v) is 11.3. The summed E-state index contributed by atoms with van der Waals surface area (Å²) in [6, 6.07) is 0. The molecule has 2 saturated carbocycles. The molecule has 0 bridgehead atoms. The number of carbonyl (C=O) groups is 1. The number of ether oxygens (including phenoxy) is 1. The zero-order valence-electron chi connectivity index (χ0n) is 11.3. The summed E-state index contributed by atoms with van der Waals surface area (Å²) in [6.07, 6.45) is 6.24. The molecule has 3 aliphatic rings. The lowest BCUT2D eigenvalue weighted by Gasteiger charge is -2.57. The minimum Gasteiger partial charge on any atom is -0.465 e. The molecule has 0 N–H and O–H groups in total. The Morgan fingerprint density at radius 3 is 2.71 bits per heavy atom. The average molecular weight is 236 g/mol. The molecule has 0 aromatic heterocycles. The van der Waals surface area contributed by atoms with Crippen molar-refractivity contribution in [1.82, 2.24) is 0 Å². The lowest BCUT2D eigenvalue weighted by Crippen LogP contribution is -2.51. The predicted octanol–water partition coefficient (Wildman–Crippen LogP) is 3.40. The van der Waals surface area contributed by atoms with Crippen LogP contribution in [-0.4, -0.2) is 12.6 Å². The van der Waals surface area contributed by atoms with Crippen LogP contribution in [0.25, 0.3) is 0 Å². The topological polar surface area (TPSA) is 26.3 Å². The molecule has 0 spiro atoms. The van der Waals surface area contributed by atoms with Crippen molar-refractivity contribution in [2.24, 2.45) is 28.6 Å². The second kappa shape index (κ2) is 3.49. The second-order valence-electron chi connectivity index (χ2n) is 7.32. The molecule has 2 aliphatic carbocycles. The number of hydrogen-bond donors (Lipinski definition) is 0. The van der Waals surface area contributed by atoms with Crippen molar-refractivity contribution in [3.63, 3.8) is 0 Å². The maximum atomic E-state index is 11.8. The largest absolute Gasteiger partial charge is 0.465 e. The minimum atomic E-state index is 0.0815. The van der Waals surface area contributed by atoms with Crippen LogP contribution in [0.4, 0.5) is 0 Å². The molecule has 4 atom stereocenters. The molecule has 0 radical (unpaired) electrons. The van der Waals surface area contributed by atoms with E-state index in [-0.39, 0.29) is 11.9 Å². The van der Waals surface area contributed by atoms with Crippen molar-refractivity contribution in [2.45, 2.75) is 52.9 Å². The molecule has 1 saturated heterocycles. The van der Waals surface area contributed by atoms with Crippen LogP contribution in [-0.2, 0) is 9.53 Å². The van der Waals surface area contributed by atoms with E-state index in [0.29, 0.717) is 23.4 Å². The van der Waals surface area contributed by atoms with Gasteiger partial charge >= 0.3 is 5.97 Å². The lowest BCUT2D eigenvalue weighted by molar-refractivity contribution is -0.143. The van der Waals surface area contributed by atoms with Crippen LogP contribution in [0.1, 0.15) is 52.9 Å². The first-order valence-electron chi connectivity index (χ1n) is 7.12. The standard InChI is InChI=1S/C15H24O2/c1-14(2)7-4-8-15(3)11-9-17-13(16)10(11)5-6-12(14)15/h10-12H,4-9H2,1-3H3/t10-,11-,12-,15+/m0/s1. The van der Waals surface area contributed by atoms with Crippen LogP contribution in [0, 0.1) is 28.6 Å². The Morgan fingerprint density at radius 2 is 1.94 bits per heavy atom. The van der Waals surface area contributed by atoms with Gasteiger partial charge in [0.05, 0.1) is 12.5 Å². The van der Waals surface area contributed by atoms with E-state index in [9.17, 15) is 4.79 Å². The van der Waals surface area contributed by atoms with Gasteiger partial charge in [0.2, 0.25) is 0 Å². The van der Waals surface area contributed by atoms with Gasteiger partial charge in [-0.1, -0.05) is 27.2 Å². The molecule has 3 fully saturated rings. The third-order valence-corrected chi connectivity index (χ3v) is 6.08. The third-order valence-electron chi connectivity index (χ3n) is 6.08. The maximum Gasteiger partial charge on any atom is 0.309 e. The van der Waals surface area contributed by atoms with Gasteiger partial charge in [-0.15, -0.1) is 0 Å². The molecule has 2 heteroatoms. The fourth-order valence-corrected chi connectivity index (χ4v) is 5.20. The van der Waals surface area contributed by atoms with Crippen molar-refractivity contribution >= 4 is 5.97 Å². The Labute approximate surface area is 104 Å². The highest BCUT2D eigenvalue weighted by molar-refractivity contribution is 5.75. The van der Waals surface area contributed by atoms with E-state index in [2.05, 4.69) is 20.8 Å². The van der Waals surface area contributed by atoms with Crippen LogP contribution < -0.4 is 0 Å². The van der Waals surface area contributed by atoms with Crippen molar-refractivity contribution in [2.75, 3.05) is 6.61 Å². The fourth-order valence-electron chi connectivity index (χ4n) is 5.20. The van der Waals surface area contributed by atoms with Gasteiger partial charge in [0, 0.05) is 5.92 Å². The van der Waals surface area contributed by atoms with E-state index in [4.69, 9.17) is 4.74 Å². The summed E-state index contributed by atoms with van der Waals surface area (Å²) in [5.41, 5.74) is 0.792. The van der Waals surface area contributed by atoms with E-state index >= 15 is 0 Å². The number of hydrogen-bond acceptors (Lipinski definition) is 2. The highest BCUT2D eigenvalue weighted by Gasteiger charge is 2.58. The Bertz CT molecular complexity index is 347. The van der Waals surface area contributed by atoms with Crippen LogP contribution in [0.15, 0.2) is 0 Å². The van der Waals surface area contributed by atoms with Crippen LogP contribution in [0.2, 0.25) is 0 Å². The summed E-state index contributed by atoms with van der Waals surface area (Å²) in [5, 5.41) is 0. The molecule has 0 aromatic rings. The van der Waals surface area contributed by atoms with E-state index in [1.807, 2.05) is 0 Å². The summed E-state index contributed by atoms with van der Waals surface area (Å²) in [7, 11) is 0. The number of esters is 1. The number of fused-ring (bicyclic) bond motifs is 3. The van der Waals surface area contributed by atoms with Crippen molar-refractivity contribution < 1.29 is 9.53 Å². The summed E-state index contributed by atoms with van der Waals surface area (Å²) in [6.45, 7) is 7.96. The molecule has 1 aliphatic heterocycles. The summed E-state index contributed by atoms with van der Waals surface area (Å²) in [5.74, 6) is 1.57. The highest BCUT2D eigenvalue weighted by atomic mass is 16.5. The minimum absolute atomic E-state index is 0.0815. The molecule has 0 amide bonds. The van der Waals surface area contributed by atoms with E-state index in [1.165, 1.54) is 25.7 Å². The van der Waals surface area contributed by atoms with Gasteiger partial charge < -0.3 is 4.74 Å². The quantitative estimate of drug-likeness (QED) is 0.602. The van der Waals surface area contributed by atoms with Gasteiger partial charge in [-0.2, -0.15) is 0 Å². The lowest BCUT2D eigenvalue weighted by atomic mass is 9.47. The van der Waals surface area contributed by atoms with Crippen molar-refractivity contribution in [1.29, 1.82) is 0 Å². The molecule has 0 aromatic carbocycles. The first-order chi connectivity index (χ1) is 7.95. The maximum absolute atomic E-state index is 11.8. The van der Waals surface area contributed by atoms with Gasteiger partial charge in [-0.3, -0.25) is 4.79 Å². The SMILES string of the molecule is CC1(C)CCC[C@]2(C)[C@H]3COC(=O)[C@H]3CC[C@@H]12. The smallest absolute Gasteiger partial charge is 0.309 e. The first kappa shape index (κ1) is 11.6. The number of rotatable bonds is 0. The fraction of sp³-hybridized carbons (Fsp3) is 0.933. The van der Waals surface area contributed by atoms with Gasteiger partial charge in [0.25, 0.3) is 0 Å². The van der Waals surface area contributed by atoms with E-state index < -0.39 is 0 Å². The average Bonchev–Trinajstić information content (AvgIpc) is 2.60. The second-order valence-corrected chi connectivity index (χ2v) is 7.32. The van der Waals surface area contributed by atoms with Gasteiger partial charge in [-0.25, -0.2) is 0 Å². The molecule has 96 valence electrons. The highest BCUT2D eigenvalue weighted by Crippen LogP contribution is 2.62. The molecular weight excluding hydrogens is 212 g/mol. The number of carbonyl (C=O) groups excluding carboxylic acids is 1. The normalized spacial score (nSPS) is 48.2. The van der Waals surface area contributed by atoms with Gasteiger partial charge in [0.15, 0.2) is 0 Å². The molecule has 1 heterocycles. The van der Waals surface area contributed by atoms with E-state index in [1.54, 1.807) is 0 Å². The zero-order chi connectivity index (χ0) is 12.3. The summed E-state index contributed by atoms with van der Waals surface area (Å²) in [4.78, 5) is 11.8. The Morgan fingerprint density at radius 1 is 1.18 bits per heavy atom. The first-order valence-corrected chi connectivity index (χ1v) is 7.12. The van der Waals surface area contributed by atoms with Crippen molar-refractivity contribution in [3.05, 3.63) is 0 Å². The van der Waals surface area contributed by atoms with Crippen LogP contribution in [0.3, 0.4) is 0 Å². The Hall–Kier alpha value is -0.530. The molecule has 3 rings (SSSR count). The summed E-state index contributed by atoms with van der Waals surface area (Å²) >= 11 is 0. The van der Waals surface area contributed by atoms with Crippen LogP contribution >= 0.6 is 0 Å². The third kappa shape index (κ3) is 1.49. The van der Waals surface area contributed by atoms with E-state index in [0.717, 1.165) is 12.3 Å². The van der Waals surface area contributed by atoms with Gasteiger partial charge in [-0.05, 0) is 42.4 Å². The Balaban J connectivity index is 1.95. The predicted molar refractivity (Wildman–Crippen MR) is 66.4 cm³/mol. The molecular formula is C15H24O2. The Kier molecular flexibility index (Phi) is 2.37. The molecule has 0 unspecified atom stereocenters. The molecule has 2 nitrogen and oxygen atoms in total. The molecule has 17 heavy (non-hydrogen) atoms. The summed E-state index contributed by atoms with van der Waals surface area (Å²) < 4.78 is 5.34. The number of cyclic esters (lactones) is 1. The van der Waals surface area contributed by atoms with Gasteiger partial charge in [0.1, 0.15) is 0 Å². The van der Waals surface area contributed by atoms with Crippen molar-refractivity contribution in [3.8, 4) is 0 Å². The monoisotopic (exact) mass is 236 g/mol.